The van der Waals surface area contributed by atoms with Crippen LogP contribution in [-0.2, 0) is 9.59 Å². The second-order valence-corrected chi connectivity index (χ2v) is 10.4. The molecule has 4 aliphatic rings. The molecule has 6 nitrogen and oxygen atoms in total. The summed E-state index contributed by atoms with van der Waals surface area (Å²) in [6, 6.07) is 20.2. The summed E-state index contributed by atoms with van der Waals surface area (Å²) in [5.74, 6) is -0.322. The maximum Gasteiger partial charge on any atom is 0.254 e. The molecule has 182 valence electrons. The third-order valence-corrected chi connectivity index (χ3v) is 8.17. The number of carbonyl (C=O) groups is 2. The molecular formula is C29H25IN2O4. The van der Waals surface area contributed by atoms with Crippen LogP contribution in [0.1, 0.15) is 53.5 Å². The van der Waals surface area contributed by atoms with E-state index in [1.54, 1.807) is 6.21 Å². The lowest BCUT2D eigenvalue weighted by Gasteiger charge is -2.45. The normalized spacial score (nSPS) is 23.6. The van der Waals surface area contributed by atoms with Gasteiger partial charge in [-0.25, -0.2) is 0 Å². The van der Waals surface area contributed by atoms with Crippen molar-refractivity contribution in [1.82, 2.24) is 5.01 Å². The van der Waals surface area contributed by atoms with Gasteiger partial charge in [0.2, 0.25) is 0 Å². The minimum atomic E-state index is -0.441. The standard InChI is InChI=1S/C29H25IN2O4/c1-3-35-22-14-16(13-21(30)27(22)36-4-2)15-31-32-28(33)25-23-17-9-5-6-10-18(17)24(26(25)29(32)34)20-12-8-7-11-19(20)23/h5-15,23-26H,3-4H2,1-2H3/b31-15-/t23?,24?,25-,26-/m1/s1. The van der Waals surface area contributed by atoms with Gasteiger partial charge >= 0.3 is 0 Å². The Morgan fingerprint density at radius 2 is 1.33 bits per heavy atom. The van der Waals surface area contributed by atoms with E-state index in [1.165, 1.54) is 0 Å². The van der Waals surface area contributed by atoms with Crippen molar-refractivity contribution in [2.45, 2.75) is 25.7 Å². The molecule has 3 aromatic carbocycles. The van der Waals surface area contributed by atoms with Gasteiger partial charge in [0.25, 0.3) is 11.8 Å². The first kappa shape index (κ1) is 23.2. The maximum absolute atomic E-state index is 13.7. The van der Waals surface area contributed by atoms with Gasteiger partial charge < -0.3 is 9.47 Å². The van der Waals surface area contributed by atoms with Crippen LogP contribution >= 0.6 is 22.6 Å². The van der Waals surface area contributed by atoms with Crippen molar-refractivity contribution < 1.29 is 19.1 Å². The fraction of sp³-hybridized carbons (Fsp3) is 0.276. The van der Waals surface area contributed by atoms with Crippen molar-refractivity contribution in [3.8, 4) is 11.5 Å². The summed E-state index contributed by atoms with van der Waals surface area (Å²) in [5.41, 5.74) is 5.33. The summed E-state index contributed by atoms with van der Waals surface area (Å²) >= 11 is 2.20. The van der Waals surface area contributed by atoms with Crippen LogP contribution in [0.3, 0.4) is 0 Å². The Hall–Kier alpha value is -3.20. The van der Waals surface area contributed by atoms with Gasteiger partial charge in [-0.15, -0.1) is 0 Å². The van der Waals surface area contributed by atoms with Gasteiger partial charge in [0.1, 0.15) is 0 Å². The highest BCUT2D eigenvalue weighted by molar-refractivity contribution is 14.1. The highest BCUT2D eigenvalue weighted by atomic mass is 127. The Labute approximate surface area is 223 Å². The molecule has 0 N–H and O–H groups in total. The third kappa shape index (κ3) is 3.39. The Bertz CT molecular complexity index is 1300. The minimum Gasteiger partial charge on any atom is -0.490 e. The molecule has 2 amide bonds. The summed E-state index contributed by atoms with van der Waals surface area (Å²) in [6.07, 6.45) is 1.57. The first-order chi connectivity index (χ1) is 17.5. The molecule has 2 bridgehead atoms. The molecule has 3 aliphatic carbocycles. The molecule has 1 heterocycles. The number of hydrogen-bond acceptors (Lipinski definition) is 5. The summed E-state index contributed by atoms with van der Waals surface area (Å²) in [7, 11) is 0. The number of hydrogen-bond donors (Lipinski definition) is 0. The highest BCUT2D eigenvalue weighted by Crippen LogP contribution is 2.60. The topological polar surface area (TPSA) is 68.2 Å². The Morgan fingerprint density at radius 1 is 0.833 bits per heavy atom. The lowest BCUT2D eigenvalue weighted by atomic mass is 9.55. The lowest BCUT2D eigenvalue weighted by molar-refractivity contribution is -0.139. The van der Waals surface area contributed by atoms with Gasteiger partial charge in [0, 0.05) is 11.8 Å². The van der Waals surface area contributed by atoms with Crippen molar-refractivity contribution in [3.63, 3.8) is 0 Å². The van der Waals surface area contributed by atoms with Gasteiger partial charge in [-0.3, -0.25) is 9.59 Å². The molecule has 0 radical (unpaired) electrons. The molecule has 0 aromatic heterocycles. The molecule has 1 aliphatic heterocycles. The van der Waals surface area contributed by atoms with Gasteiger partial charge in [0.05, 0.1) is 34.8 Å². The van der Waals surface area contributed by atoms with Crippen molar-refractivity contribution in [2.75, 3.05) is 13.2 Å². The smallest absolute Gasteiger partial charge is 0.254 e. The number of amides is 2. The van der Waals surface area contributed by atoms with Crippen LogP contribution in [-0.4, -0.2) is 36.3 Å². The van der Waals surface area contributed by atoms with Crippen LogP contribution < -0.4 is 9.47 Å². The average Bonchev–Trinajstić information content (AvgIpc) is 3.15. The number of halogens is 1. The summed E-state index contributed by atoms with van der Waals surface area (Å²) in [4.78, 5) is 27.4. The van der Waals surface area contributed by atoms with E-state index in [1.807, 2.05) is 50.2 Å². The molecule has 36 heavy (non-hydrogen) atoms. The largest absolute Gasteiger partial charge is 0.490 e. The van der Waals surface area contributed by atoms with Crippen LogP contribution in [0.4, 0.5) is 0 Å². The predicted molar refractivity (Wildman–Crippen MR) is 144 cm³/mol. The maximum atomic E-state index is 13.7. The number of benzene rings is 3. The van der Waals surface area contributed by atoms with Crippen LogP contribution in [0.25, 0.3) is 0 Å². The molecule has 7 heteroatoms. The van der Waals surface area contributed by atoms with E-state index in [-0.39, 0.29) is 23.7 Å². The highest BCUT2D eigenvalue weighted by Gasteiger charge is 2.61. The number of nitrogens with zero attached hydrogens (tertiary/aromatic N) is 2. The van der Waals surface area contributed by atoms with Gasteiger partial charge in [-0.1, -0.05) is 48.5 Å². The van der Waals surface area contributed by atoms with Crippen LogP contribution in [0, 0.1) is 15.4 Å². The zero-order chi connectivity index (χ0) is 25.0. The molecule has 2 atom stereocenters. The zero-order valence-corrected chi connectivity index (χ0v) is 22.1. The number of carbonyl (C=O) groups excluding carboxylic acids is 2. The molecule has 1 fully saturated rings. The first-order valence-electron chi connectivity index (χ1n) is 12.2. The summed E-state index contributed by atoms with van der Waals surface area (Å²) in [5, 5.41) is 5.52. The van der Waals surface area contributed by atoms with E-state index in [9.17, 15) is 9.59 Å². The molecule has 7 rings (SSSR count). The summed E-state index contributed by atoms with van der Waals surface area (Å²) in [6.45, 7) is 4.86. The second-order valence-electron chi connectivity index (χ2n) is 9.19. The van der Waals surface area contributed by atoms with Crippen molar-refractivity contribution >= 4 is 40.6 Å². The Morgan fingerprint density at radius 3 is 1.81 bits per heavy atom. The van der Waals surface area contributed by atoms with E-state index in [0.717, 1.165) is 36.4 Å². The van der Waals surface area contributed by atoms with Crippen LogP contribution in [0.2, 0.25) is 0 Å². The monoisotopic (exact) mass is 592 g/mol. The van der Waals surface area contributed by atoms with E-state index >= 15 is 0 Å². The number of rotatable bonds is 6. The average molecular weight is 592 g/mol. The molecule has 0 spiro atoms. The number of ether oxygens (including phenoxy) is 2. The van der Waals surface area contributed by atoms with E-state index in [2.05, 4.69) is 52.0 Å². The predicted octanol–water partition coefficient (Wildman–Crippen LogP) is 5.31. The summed E-state index contributed by atoms with van der Waals surface area (Å²) < 4.78 is 12.4. The fourth-order valence-corrected chi connectivity index (χ4v) is 6.89. The fourth-order valence-electron chi connectivity index (χ4n) is 6.11. The van der Waals surface area contributed by atoms with Crippen molar-refractivity contribution in [3.05, 3.63) is 92.1 Å². The molecule has 0 unspecified atom stereocenters. The zero-order valence-electron chi connectivity index (χ0n) is 20.0. The quantitative estimate of drug-likeness (QED) is 0.221. The van der Waals surface area contributed by atoms with E-state index in [4.69, 9.17) is 9.47 Å². The van der Waals surface area contributed by atoms with Crippen molar-refractivity contribution in [1.29, 1.82) is 0 Å². The number of hydrazone groups is 1. The number of imide groups is 1. The minimum absolute atomic E-state index is 0.139. The van der Waals surface area contributed by atoms with E-state index in [0.29, 0.717) is 24.7 Å². The third-order valence-electron chi connectivity index (χ3n) is 7.37. The SMILES string of the molecule is CCOc1cc(/C=N\N2C(=O)[C@@H]3C4c5ccccc5C(c5ccccc54)[C@H]3C2=O)cc(I)c1OCC. The molecular weight excluding hydrogens is 567 g/mol. The lowest BCUT2D eigenvalue weighted by Crippen LogP contribution is -2.41. The van der Waals surface area contributed by atoms with Crippen molar-refractivity contribution in [2.24, 2.45) is 16.9 Å². The Balaban J connectivity index is 1.37. The second kappa shape index (κ2) is 9.03. The van der Waals surface area contributed by atoms with Gasteiger partial charge in [-0.2, -0.15) is 10.1 Å². The molecule has 3 aromatic rings. The first-order valence-corrected chi connectivity index (χ1v) is 13.3. The Kier molecular flexibility index (Phi) is 5.82. The molecule has 1 saturated heterocycles. The van der Waals surface area contributed by atoms with Crippen LogP contribution in [0.15, 0.2) is 65.8 Å². The van der Waals surface area contributed by atoms with Gasteiger partial charge in [-0.05, 0) is 76.4 Å². The van der Waals surface area contributed by atoms with E-state index < -0.39 is 11.8 Å². The van der Waals surface area contributed by atoms with Crippen LogP contribution in [0.5, 0.6) is 11.5 Å². The molecule has 0 saturated carbocycles. The van der Waals surface area contributed by atoms with Gasteiger partial charge in [0.15, 0.2) is 11.5 Å².